The molecule has 26 heavy (non-hydrogen) atoms. The first kappa shape index (κ1) is 17.0. The molecule has 0 amide bonds. The zero-order valence-corrected chi connectivity index (χ0v) is 15.7. The van der Waals surface area contributed by atoms with Crippen molar-refractivity contribution in [3.8, 4) is 0 Å². The summed E-state index contributed by atoms with van der Waals surface area (Å²) in [6, 6.07) is 5.07. The number of ether oxygens (including phenoxy) is 1. The van der Waals surface area contributed by atoms with Gasteiger partial charge in [0.05, 0.1) is 0 Å². The Kier molecular flexibility index (Phi) is 4.63. The number of nitrogens with zero attached hydrogens (tertiary/aromatic N) is 3. The van der Waals surface area contributed by atoms with Gasteiger partial charge in [0.25, 0.3) is 5.56 Å². The molecular formula is C21H31N3O2. The first-order valence-corrected chi connectivity index (χ1v) is 10.5. The molecule has 3 fully saturated rings. The van der Waals surface area contributed by atoms with E-state index >= 15 is 0 Å². The molecule has 0 radical (unpaired) electrons. The van der Waals surface area contributed by atoms with Crippen LogP contribution in [-0.4, -0.2) is 59.8 Å². The second-order valence-corrected chi connectivity index (χ2v) is 8.78. The molecule has 0 N–H and O–H groups in total. The lowest BCUT2D eigenvalue weighted by atomic mass is 9.82. The second-order valence-electron chi connectivity index (χ2n) is 8.78. The van der Waals surface area contributed by atoms with Crippen LogP contribution in [0.2, 0.25) is 0 Å². The van der Waals surface area contributed by atoms with E-state index in [1.54, 1.807) is 0 Å². The first-order chi connectivity index (χ1) is 12.8. The lowest BCUT2D eigenvalue weighted by Gasteiger charge is -2.46. The van der Waals surface area contributed by atoms with Crippen molar-refractivity contribution < 1.29 is 4.74 Å². The number of aromatic nitrogens is 1. The van der Waals surface area contributed by atoms with Crippen LogP contribution in [0, 0.1) is 5.92 Å². The van der Waals surface area contributed by atoms with Crippen LogP contribution in [0.1, 0.15) is 49.3 Å². The van der Waals surface area contributed by atoms with E-state index in [2.05, 4.69) is 26.5 Å². The fourth-order valence-electron chi connectivity index (χ4n) is 5.68. The number of hydrogen-bond donors (Lipinski definition) is 0. The van der Waals surface area contributed by atoms with Crippen LogP contribution in [0.15, 0.2) is 16.9 Å². The summed E-state index contributed by atoms with van der Waals surface area (Å²) in [6.07, 6.45) is 6.14. The van der Waals surface area contributed by atoms with Gasteiger partial charge in [-0.2, -0.15) is 0 Å². The minimum Gasteiger partial charge on any atom is -0.381 e. The number of piperidine rings is 1. The van der Waals surface area contributed by atoms with Gasteiger partial charge in [0.1, 0.15) is 0 Å². The van der Waals surface area contributed by atoms with Crippen molar-refractivity contribution in [3.05, 3.63) is 33.7 Å². The monoisotopic (exact) mass is 357 g/mol. The van der Waals surface area contributed by atoms with Gasteiger partial charge in [-0.1, -0.05) is 6.07 Å². The van der Waals surface area contributed by atoms with E-state index in [1.165, 1.54) is 37.8 Å². The van der Waals surface area contributed by atoms with Gasteiger partial charge in [-0.15, -0.1) is 0 Å². The van der Waals surface area contributed by atoms with Crippen molar-refractivity contribution >= 4 is 0 Å². The van der Waals surface area contributed by atoms with Crippen molar-refractivity contribution in [2.75, 3.05) is 39.4 Å². The Bertz CT molecular complexity index is 704. The Hall–Kier alpha value is -1.17. The Balaban J connectivity index is 1.37. The number of fused-ring (bicyclic) bond motifs is 4. The topological polar surface area (TPSA) is 37.7 Å². The number of rotatable bonds is 3. The van der Waals surface area contributed by atoms with Crippen molar-refractivity contribution in [1.29, 1.82) is 0 Å². The molecule has 0 saturated carbocycles. The molecule has 5 heterocycles. The maximum absolute atomic E-state index is 13.1. The summed E-state index contributed by atoms with van der Waals surface area (Å²) in [5.74, 6) is 1.16. The Morgan fingerprint density at radius 3 is 2.65 bits per heavy atom. The molecular weight excluding hydrogens is 326 g/mol. The quantitative estimate of drug-likeness (QED) is 0.830. The Labute approximate surface area is 155 Å². The third-order valence-corrected chi connectivity index (χ3v) is 7.01. The molecule has 0 unspecified atom stereocenters. The minimum absolute atomic E-state index is 0.281. The molecule has 142 valence electrons. The Morgan fingerprint density at radius 1 is 1.04 bits per heavy atom. The predicted molar refractivity (Wildman–Crippen MR) is 101 cm³/mol. The highest BCUT2D eigenvalue weighted by Gasteiger charge is 2.37. The van der Waals surface area contributed by atoms with Crippen LogP contribution in [-0.2, 0) is 17.8 Å². The molecule has 0 aromatic carbocycles. The van der Waals surface area contributed by atoms with Crippen molar-refractivity contribution in [3.63, 3.8) is 0 Å². The summed E-state index contributed by atoms with van der Waals surface area (Å²) in [7, 11) is 0. The van der Waals surface area contributed by atoms with E-state index < -0.39 is 0 Å². The molecule has 3 saturated heterocycles. The number of hydrogen-bond acceptors (Lipinski definition) is 4. The molecule has 2 bridgehead atoms. The lowest BCUT2D eigenvalue weighted by molar-refractivity contribution is 0.00583. The van der Waals surface area contributed by atoms with E-state index in [0.717, 1.165) is 58.0 Å². The summed E-state index contributed by atoms with van der Waals surface area (Å²) >= 11 is 0. The zero-order chi connectivity index (χ0) is 17.5. The smallest absolute Gasteiger partial charge is 0.255 e. The highest BCUT2D eigenvalue weighted by atomic mass is 16.5. The predicted octanol–water partition coefficient (Wildman–Crippen LogP) is 2.04. The highest BCUT2D eigenvalue weighted by Crippen LogP contribution is 2.37. The van der Waals surface area contributed by atoms with Gasteiger partial charge in [-0.05, 0) is 57.2 Å². The molecule has 0 aliphatic carbocycles. The molecule has 0 spiro atoms. The fraction of sp³-hybridized carbons (Fsp3) is 0.762. The van der Waals surface area contributed by atoms with Crippen LogP contribution >= 0.6 is 0 Å². The van der Waals surface area contributed by atoms with Gasteiger partial charge in [0.15, 0.2) is 0 Å². The second kappa shape index (κ2) is 7.10. The van der Waals surface area contributed by atoms with E-state index in [1.807, 2.05) is 0 Å². The maximum Gasteiger partial charge on any atom is 0.255 e. The summed E-state index contributed by atoms with van der Waals surface area (Å²) in [6.45, 7) is 8.13. The van der Waals surface area contributed by atoms with Crippen LogP contribution in [0.3, 0.4) is 0 Å². The van der Waals surface area contributed by atoms with Gasteiger partial charge in [-0.25, -0.2) is 0 Å². The van der Waals surface area contributed by atoms with Crippen molar-refractivity contribution in [2.45, 2.75) is 57.2 Å². The molecule has 4 aliphatic rings. The molecule has 5 rings (SSSR count). The van der Waals surface area contributed by atoms with E-state index in [0.29, 0.717) is 17.9 Å². The van der Waals surface area contributed by atoms with Crippen LogP contribution in [0.4, 0.5) is 0 Å². The van der Waals surface area contributed by atoms with Crippen molar-refractivity contribution in [1.82, 2.24) is 14.4 Å². The normalized spacial score (nSPS) is 30.5. The summed E-state index contributed by atoms with van der Waals surface area (Å²) in [4.78, 5) is 18.3. The standard InChI is InChI=1S/C21H31N3O2/c25-21-17(14-22-7-1-2-8-22)3-4-20-18-11-16(13-24(20)21)12-23(15-18)19-5-9-26-10-6-19/h3-4,16,18-19H,1-2,5-15H2/t16-,18+/m0/s1. The number of pyridine rings is 1. The van der Waals surface area contributed by atoms with E-state index in [-0.39, 0.29) is 5.56 Å². The van der Waals surface area contributed by atoms with Gasteiger partial charge in [0, 0.05) is 62.6 Å². The van der Waals surface area contributed by atoms with Crippen molar-refractivity contribution in [2.24, 2.45) is 5.92 Å². The van der Waals surface area contributed by atoms with Gasteiger partial charge >= 0.3 is 0 Å². The van der Waals surface area contributed by atoms with Crippen LogP contribution in [0.25, 0.3) is 0 Å². The summed E-state index contributed by atoms with van der Waals surface area (Å²) in [5, 5.41) is 0. The summed E-state index contributed by atoms with van der Waals surface area (Å²) < 4.78 is 7.68. The van der Waals surface area contributed by atoms with E-state index in [9.17, 15) is 4.79 Å². The van der Waals surface area contributed by atoms with Gasteiger partial charge in [-0.3, -0.25) is 14.6 Å². The minimum atomic E-state index is 0.281. The first-order valence-electron chi connectivity index (χ1n) is 10.5. The molecule has 4 aliphatic heterocycles. The zero-order valence-electron chi connectivity index (χ0n) is 15.7. The molecule has 1 aromatic heterocycles. The third kappa shape index (κ3) is 3.14. The van der Waals surface area contributed by atoms with E-state index in [4.69, 9.17) is 4.74 Å². The third-order valence-electron chi connectivity index (χ3n) is 7.01. The SMILES string of the molecule is O=c1c(CN2CCCC2)ccc2n1C[C@H]1C[C@@H]2CN(C2CCOCC2)C1. The average molecular weight is 357 g/mol. The lowest BCUT2D eigenvalue weighted by Crippen LogP contribution is -2.52. The largest absolute Gasteiger partial charge is 0.381 e. The summed E-state index contributed by atoms with van der Waals surface area (Å²) in [5.41, 5.74) is 2.56. The van der Waals surface area contributed by atoms with Gasteiger partial charge < -0.3 is 9.30 Å². The van der Waals surface area contributed by atoms with Gasteiger partial charge in [0.2, 0.25) is 0 Å². The van der Waals surface area contributed by atoms with Crippen LogP contribution < -0.4 is 5.56 Å². The molecule has 5 heteroatoms. The average Bonchev–Trinajstić information content (AvgIpc) is 3.18. The molecule has 2 atom stereocenters. The number of likely N-dealkylation sites (tertiary alicyclic amines) is 2. The molecule has 5 nitrogen and oxygen atoms in total. The fourth-order valence-corrected chi connectivity index (χ4v) is 5.68. The highest BCUT2D eigenvalue weighted by molar-refractivity contribution is 5.22. The molecule has 1 aromatic rings. The maximum atomic E-state index is 13.1. The Morgan fingerprint density at radius 2 is 1.85 bits per heavy atom. The van der Waals surface area contributed by atoms with Crippen LogP contribution in [0.5, 0.6) is 0 Å².